The van der Waals surface area contributed by atoms with Crippen molar-refractivity contribution in [1.82, 2.24) is 0 Å². The molecule has 0 bridgehead atoms. The van der Waals surface area contributed by atoms with Crippen LogP contribution in [0.4, 0.5) is 4.39 Å². The number of hydrogen-bond donors (Lipinski definition) is 3. The second-order valence-corrected chi connectivity index (χ2v) is 8.70. The van der Waals surface area contributed by atoms with E-state index in [-0.39, 0.29) is 17.3 Å². The Balaban J connectivity index is 1.84. The van der Waals surface area contributed by atoms with Gasteiger partial charge < -0.3 is 10.2 Å². The highest BCUT2D eigenvalue weighted by molar-refractivity contribution is 5.40. The quantitative estimate of drug-likeness (QED) is 0.475. The standard InChI is InChI=1S/C19H28FNO2/c1-17-6-3-12(22)9-11(17)10-15(23)16-13(17)4-7-18(2)14(16)5-8-19(18,20)21/h3,6,11-13,15,22-23H,4-5,7-10,21H2,1-2H3/t11?,12?,13-,15?,17+,18+,19?/m1/s1. The van der Waals surface area contributed by atoms with E-state index in [0.717, 1.165) is 24.0 Å². The third kappa shape index (κ3) is 1.92. The molecule has 0 saturated heterocycles. The second kappa shape index (κ2) is 4.68. The van der Waals surface area contributed by atoms with Crippen LogP contribution in [0.25, 0.3) is 0 Å². The third-order valence-corrected chi connectivity index (χ3v) is 7.68. The van der Waals surface area contributed by atoms with Crippen molar-refractivity contribution in [3.63, 3.8) is 0 Å². The molecule has 0 radical (unpaired) electrons. The average Bonchev–Trinajstić information content (AvgIpc) is 2.72. The molecule has 4 heteroatoms. The summed E-state index contributed by atoms with van der Waals surface area (Å²) >= 11 is 0. The van der Waals surface area contributed by atoms with Crippen LogP contribution in [0.3, 0.4) is 0 Å². The van der Waals surface area contributed by atoms with Gasteiger partial charge in [-0.1, -0.05) is 31.6 Å². The molecule has 128 valence electrons. The number of allylic oxidation sites excluding steroid dienone is 1. The summed E-state index contributed by atoms with van der Waals surface area (Å²) in [6.45, 7) is 4.19. The number of nitrogens with two attached hydrogens (primary N) is 1. The van der Waals surface area contributed by atoms with Gasteiger partial charge in [0, 0.05) is 5.41 Å². The molecule has 3 nitrogen and oxygen atoms in total. The number of fused-ring (bicyclic) bond motifs is 4. The summed E-state index contributed by atoms with van der Waals surface area (Å²) in [4.78, 5) is 0. The van der Waals surface area contributed by atoms with E-state index in [1.165, 1.54) is 0 Å². The van der Waals surface area contributed by atoms with Crippen molar-refractivity contribution in [2.45, 2.75) is 70.4 Å². The number of hydrogen-bond acceptors (Lipinski definition) is 3. The lowest BCUT2D eigenvalue weighted by molar-refractivity contribution is -0.0173. The summed E-state index contributed by atoms with van der Waals surface area (Å²) in [5.74, 6) is -1.13. The van der Waals surface area contributed by atoms with Crippen LogP contribution in [0.15, 0.2) is 23.3 Å². The zero-order valence-corrected chi connectivity index (χ0v) is 14.1. The van der Waals surface area contributed by atoms with Gasteiger partial charge in [0.1, 0.15) is 0 Å². The molecule has 4 rings (SSSR count). The largest absolute Gasteiger partial charge is 0.389 e. The summed E-state index contributed by atoms with van der Waals surface area (Å²) in [7, 11) is 0. The fourth-order valence-electron chi connectivity index (χ4n) is 6.04. The van der Waals surface area contributed by atoms with Gasteiger partial charge in [0.25, 0.3) is 0 Å². The van der Waals surface area contributed by atoms with Crippen LogP contribution in [-0.4, -0.2) is 28.2 Å². The molecule has 0 amide bonds. The molecule has 4 N–H and O–H groups in total. The van der Waals surface area contributed by atoms with Gasteiger partial charge in [0.2, 0.25) is 0 Å². The van der Waals surface area contributed by atoms with Gasteiger partial charge in [0.05, 0.1) is 12.2 Å². The van der Waals surface area contributed by atoms with Crippen LogP contribution in [0.2, 0.25) is 0 Å². The molecular weight excluding hydrogens is 293 g/mol. The topological polar surface area (TPSA) is 66.5 Å². The number of halogens is 1. The van der Waals surface area contributed by atoms with E-state index in [4.69, 9.17) is 5.73 Å². The maximum absolute atomic E-state index is 14.9. The molecule has 2 fully saturated rings. The van der Waals surface area contributed by atoms with Crippen LogP contribution in [0.5, 0.6) is 0 Å². The number of aliphatic hydroxyl groups is 2. The Labute approximate surface area is 137 Å². The third-order valence-electron chi connectivity index (χ3n) is 7.68. The summed E-state index contributed by atoms with van der Waals surface area (Å²) < 4.78 is 14.9. The van der Waals surface area contributed by atoms with Gasteiger partial charge in [-0.25, -0.2) is 4.39 Å². The van der Waals surface area contributed by atoms with Crippen molar-refractivity contribution in [2.24, 2.45) is 28.4 Å². The minimum absolute atomic E-state index is 0.0434. The molecule has 0 aromatic carbocycles. The highest BCUT2D eigenvalue weighted by Crippen LogP contribution is 2.64. The number of rotatable bonds is 0. The molecular formula is C19H28FNO2. The van der Waals surface area contributed by atoms with E-state index < -0.39 is 23.4 Å². The maximum atomic E-state index is 14.9. The van der Waals surface area contributed by atoms with Crippen molar-refractivity contribution in [2.75, 3.05) is 0 Å². The maximum Gasteiger partial charge on any atom is 0.168 e. The molecule has 2 saturated carbocycles. The van der Waals surface area contributed by atoms with Gasteiger partial charge >= 0.3 is 0 Å². The molecule has 23 heavy (non-hydrogen) atoms. The molecule has 0 aromatic rings. The highest BCUT2D eigenvalue weighted by atomic mass is 19.1. The summed E-state index contributed by atoms with van der Waals surface area (Å²) in [6.07, 6.45) is 7.15. The lowest BCUT2D eigenvalue weighted by Crippen LogP contribution is -2.53. The monoisotopic (exact) mass is 321 g/mol. The first-order valence-electron chi connectivity index (χ1n) is 8.96. The molecule has 7 atom stereocenters. The van der Waals surface area contributed by atoms with Crippen molar-refractivity contribution in [3.8, 4) is 0 Å². The van der Waals surface area contributed by atoms with Gasteiger partial charge in [-0.2, -0.15) is 0 Å². The predicted molar refractivity (Wildman–Crippen MR) is 87.1 cm³/mol. The Kier molecular flexibility index (Phi) is 3.21. The van der Waals surface area contributed by atoms with Crippen LogP contribution >= 0.6 is 0 Å². The first-order chi connectivity index (χ1) is 10.7. The van der Waals surface area contributed by atoms with Crippen LogP contribution in [-0.2, 0) is 0 Å². The lowest BCUT2D eigenvalue weighted by atomic mass is 9.50. The van der Waals surface area contributed by atoms with Crippen molar-refractivity contribution < 1.29 is 14.6 Å². The van der Waals surface area contributed by atoms with E-state index in [9.17, 15) is 14.6 Å². The lowest BCUT2D eigenvalue weighted by Gasteiger charge is -2.56. The predicted octanol–water partition coefficient (Wildman–Crippen LogP) is 2.83. The Morgan fingerprint density at radius 3 is 2.70 bits per heavy atom. The van der Waals surface area contributed by atoms with E-state index in [0.29, 0.717) is 25.7 Å². The minimum Gasteiger partial charge on any atom is -0.389 e. The number of alkyl halides is 1. The Morgan fingerprint density at radius 2 is 1.96 bits per heavy atom. The first kappa shape index (κ1) is 15.8. The molecule has 0 aromatic heterocycles. The molecule has 0 heterocycles. The van der Waals surface area contributed by atoms with Gasteiger partial charge in [0.15, 0.2) is 5.79 Å². The number of aliphatic hydroxyl groups excluding tert-OH is 2. The highest BCUT2D eigenvalue weighted by Gasteiger charge is 2.60. The molecule has 4 unspecified atom stereocenters. The molecule has 4 aliphatic rings. The van der Waals surface area contributed by atoms with Crippen LogP contribution in [0.1, 0.15) is 52.4 Å². The van der Waals surface area contributed by atoms with E-state index in [1.807, 2.05) is 13.0 Å². The van der Waals surface area contributed by atoms with Gasteiger partial charge in [-0.05, 0) is 61.3 Å². The smallest absolute Gasteiger partial charge is 0.168 e. The van der Waals surface area contributed by atoms with Crippen molar-refractivity contribution >= 4 is 0 Å². The normalized spacial score (nSPS) is 55.4. The fraction of sp³-hybridized carbons (Fsp3) is 0.789. The fourth-order valence-corrected chi connectivity index (χ4v) is 6.04. The second-order valence-electron chi connectivity index (χ2n) is 8.70. The first-order valence-corrected chi connectivity index (χ1v) is 8.96. The summed E-state index contributed by atoms with van der Waals surface area (Å²) in [5, 5.41) is 20.8. The Bertz CT molecular complexity index is 598. The minimum atomic E-state index is -1.66. The summed E-state index contributed by atoms with van der Waals surface area (Å²) in [5.41, 5.74) is 7.48. The Morgan fingerprint density at radius 1 is 1.22 bits per heavy atom. The molecule has 0 spiro atoms. The average molecular weight is 321 g/mol. The summed E-state index contributed by atoms with van der Waals surface area (Å²) in [6, 6.07) is 0. The van der Waals surface area contributed by atoms with Gasteiger partial charge in [-0.3, -0.25) is 5.73 Å². The molecule has 0 aliphatic heterocycles. The molecule has 4 aliphatic carbocycles. The van der Waals surface area contributed by atoms with E-state index >= 15 is 0 Å². The van der Waals surface area contributed by atoms with E-state index in [2.05, 4.69) is 13.0 Å². The van der Waals surface area contributed by atoms with Crippen molar-refractivity contribution in [3.05, 3.63) is 23.3 Å². The zero-order chi connectivity index (χ0) is 16.6. The van der Waals surface area contributed by atoms with Crippen LogP contribution in [0, 0.1) is 22.7 Å². The van der Waals surface area contributed by atoms with Gasteiger partial charge in [-0.15, -0.1) is 0 Å². The van der Waals surface area contributed by atoms with Crippen molar-refractivity contribution in [1.29, 1.82) is 0 Å². The Hall–Kier alpha value is -0.710. The van der Waals surface area contributed by atoms with Crippen LogP contribution < -0.4 is 5.73 Å². The SMILES string of the molecule is C[C@]12C=CC(O)CC1CC(O)C1=C3CCC(N)(F)[C@@]3(C)CC[C@H]12. The zero-order valence-electron chi connectivity index (χ0n) is 14.1. The van der Waals surface area contributed by atoms with E-state index in [1.54, 1.807) is 0 Å².